The summed E-state index contributed by atoms with van der Waals surface area (Å²) in [5.41, 5.74) is 2.84. The second kappa shape index (κ2) is 8.86. The number of rotatable bonds is 5. The average molecular weight is 452 g/mol. The number of aromatic nitrogens is 4. The van der Waals surface area contributed by atoms with Gasteiger partial charge < -0.3 is 19.4 Å². The number of carbonyl (C=O) groups excluding carboxylic acids is 1. The van der Waals surface area contributed by atoms with Crippen LogP contribution in [0, 0.1) is 0 Å². The highest BCUT2D eigenvalue weighted by Crippen LogP contribution is 2.37. The number of pyridine rings is 2. The minimum Gasteiger partial charge on any atom is -0.383 e. The normalized spacial score (nSPS) is 16.4. The van der Waals surface area contributed by atoms with Gasteiger partial charge in [-0.15, -0.1) is 0 Å². The number of hydrogen-bond acceptors (Lipinski definition) is 7. The van der Waals surface area contributed by atoms with Crippen molar-refractivity contribution >= 4 is 28.7 Å². The second-order valence-corrected chi connectivity index (χ2v) is 8.57. The van der Waals surface area contributed by atoms with Crippen LogP contribution in [0.1, 0.15) is 29.6 Å². The minimum atomic E-state index is -0.180. The Hall–Kier alpha value is -3.40. The van der Waals surface area contributed by atoms with Crippen LogP contribution in [0.2, 0.25) is 0 Å². The van der Waals surface area contributed by atoms with E-state index in [1.54, 1.807) is 26.6 Å². The average Bonchev–Trinajstić information content (AvgIpc) is 3.14. The molecule has 33 heavy (non-hydrogen) atoms. The van der Waals surface area contributed by atoms with Crippen molar-refractivity contribution in [2.45, 2.75) is 19.3 Å². The summed E-state index contributed by atoms with van der Waals surface area (Å²) in [4.78, 5) is 36.3. The van der Waals surface area contributed by atoms with Gasteiger partial charge in [-0.25, -0.2) is 14.5 Å². The smallest absolute Gasteiger partial charge is 0.350 e. The van der Waals surface area contributed by atoms with Crippen LogP contribution in [-0.2, 0) is 11.8 Å². The molecule has 0 spiro atoms. The third kappa shape index (κ3) is 3.95. The minimum absolute atomic E-state index is 0.0445. The predicted molar refractivity (Wildman–Crippen MR) is 126 cm³/mol. The van der Waals surface area contributed by atoms with Crippen LogP contribution in [0.3, 0.4) is 0 Å². The van der Waals surface area contributed by atoms with Gasteiger partial charge >= 0.3 is 5.69 Å². The van der Waals surface area contributed by atoms with Gasteiger partial charge in [-0.3, -0.25) is 9.20 Å². The van der Waals surface area contributed by atoms with E-state index in [2.05, 4.69) is 14.9 Å². The summed E-state index contributed by atoms with van der Waals surface area (Å²) < 4.78 is 8.16. The maximum atomic E-state index is 13.1. The van der Waals surface area contributed by atoms with E-state index < -0.39 is 0 Å². The summed E-state index contributed by atoms with van der Waals surface area (Å²) >= 11 is 0. The quantitative estimate of drug-likeness (QED) is 0.583. The monoisotopic (exact) mass is 451 g/mol. The number of aryl methyl sites for hydroxylation is 1. The van der Waals surface area contributed by atoms with Gasteiger partial charge in [0.2, 0.25) is 0 Å². The van der Waals surface area contributed by atoms with Crippen molar-refractivity contribution in [2.75, 3.05) is 56.2 Å². The number of fused-ring (bicyclic) bond motifs is 2. The summed E-state index contributed by atoms with van der Waals surface area (Å²) in [6, 6.07) is 5.76. The Morgan fingerprint density at radius 2 is 1.94 bits per heavy atom. The lowest BCUT2D eigenvalue weighted by Gasteiger charge is -2.38. The molecule has 0 aromatic carbocycles. The molecule has 0 saturated carbocycles. The molecule has 3 aromatic rings. The molecule has 1 amide bonds. The van der Waals surface area contributed by atoms with E-state index in [0.717, 1.165) is 62.8 Å². The largest absolute Gasteiger partial charge is 0.383 e. The third-order valence-electron chi connectivity index (χ3n) is 6.46. The van der Waals surface area contributed by atoms with Gasteiger partial charge in [0.1, 0.15) is 0 Å². The van der Waals surface area contributed by atoms with Crippen LogP contribution in [0.15, 0.2) is 35.4 Å². The molecule has 0 bridgehead atoms. The van der Waals surface area contributed by atoms with E-state index in [4.69, 9.17) is 9.72 Å². The maximum absolute atomic E-state index is 13.1. The Morgan fingerprint density at radius 1 is 1.12 bits per heavy atom. The van der Waals surface area contributed by atoms with Gasteiger partial charge in [0.15, 0.2) is 11.5 Å². The molecule has 0 radical (unpaired) electrons. The molecular weight excluding hydrogens is 422 g/mol. The molecule has 2 aliphatic rings. The Bertz CT molecular complexity index is 1230. The van der Waals surface area contributed by atoms with Crippen molar-refractivity contribution in [2.24, 2.45) is 7.05 Å². The molecule has 5 heterocycles. The summed E-state index contributed by atoms with van der Waals surface area (Å²) in [6.07, 6.45) is 6.71. The van der Waals surface area contributed by atoms with Crippen LogP contribution in [0.4, 0.5) is 17.2 Å². The Labute approximate surface area is 192 Å². The molecule has 0 atom stereocenters. The van der Waals surface area contributed by atoms with Crippen LogP contribution >= 0.6 is 0 Å². The number of likely N-dealkylation sites (tertiary alicyclic amines) is 1. The number of amides is 1. The van der Waals surface area contributed by atoms with Crippen LogP contribution < -0.4 is 15.5 Å². The van der Waals surface area contributed by atoms with E-state index in [9.17, 15) is 9.59 Å². The van der Waals surface area contributed by atoms with E-state index in [1.165, 1.54) is 15.5 Å². The highest BCUT2D eigenvalue weighted by Gasteiger charge is 2.28. The predicted octanol–water partition coefficient (Wildman–Crippen LogP) is 1.66. The summed E-state index contributed by atoms with van der Waals surface area (Å²) in [5, 5.41) is 4.31. The standard InChI is InChI=1S/C23H29N7O3/c1-26-23(32)30-9-6-18(15-20(30)25-26)29-11-10-27(12-13-33-2)19-14-17(16-24-21(19)29)22(31)28-7-4-3-5-8-28/h6,9,14-16H,3-5,7-8,10-13H2,1-2H3. The highest BCUT2D eigenvalue weighted by atomic mass is 16.5. The summed E-state index contributed by atoms with van der Waals surface area (Å²) in [7, 11) is 3.33. The second-order valence-electron chi connectivity index (χ2n) is 8.57. The van der Waals surface area contributed by atoms with E-state index >= 15 is 0 Å². The summed E-state index contributed by atoms with van der Waals surface area (Å²) in [6.45, 7) is 4.40. The number of hydrogen-bond donors (Lipinski definition) is 0. The van der Waals surface area contributed by atoms with Gasteiger partial charge in [-0.05, 0) is 31.4 Å². The highest BCUT2D eigenvalue weighted by molar-refractivity contribution is 5.96. The van der Waals surface area contributed by atoms with Crippen molar-refractivity contribution in [3.63, 3.8) is 0 Å². The van der Waals surface area contributed by atoms with E-state index in [-0.39, 0.29) is 11.6 Å². The van der Waals surface area contributed by atoms with Gasteiger partial charge in [0, 0.05) is 71.0 Å². The number of methoxy groups -OCH3 is 1. The van der Waals surface area contributed by atoms with Crippen molar-refractivity contribution in [1.82, 2.24) is 24.1 Å². The maximum Gasteiger partial charge on any atom is 0.350 e. The van der Waals surface area contributed by atoms with Crippen molar-refractivity contribution < 1.29 is 9.53 Å². The fourth-order valence-corrected chi connectivity index (χ4v) is 4.65. The first-order chi connectivity index (χ1) is 16.1. The van der Waals surface area contributed by atoms with E-state index in [0.29, 0.717) is 17.8 Å². The fourth-order valence-electron chi connectivity index (χ4n) is 4.65. The number of anilines is 3. The molecule has 3 aromatic heterocycles. The number of nitrogens with zero attached hydrogens (tertiary/aromatic N) is 7. The van der Waals surface area contributed by atoms with Crippen molar-refractivity contribution in [3.8, 4) is 0 Å². The lowest BCUT2D eigenvalue weighted by Crippen LogP contribution is -2.41. The van der Waals surface area contributed by atoms with Crippen LogP contribution in [0.25, 0.3) is 5.65 Å². The first-order valence-corrected chi connectivity index (χ1v) is 11.4. The van der Waals surface area contributed by atoms with Gasteiger partial charge in [-0.2, -0.15) is 5.10 Å². The first kappa shape index (κ1) is 21.4. The first-order valence-electron chi connectivity index (χ1n) is 11.4. The molecule has 5 rings (SSSR count). The topological polar surface area (TPSA) is 88.2 Å². The zero-order chi connectivity index (χ0) is 22.9. The lowest BCUT2D eigenvalue weighted by molar-refractivity contribution is 0.0724. The number of ether oxygens (including phenoxy) is 1. The molecule has 0 unspecified atom stereocenters. The van der Waals surface area contributed by atoms with Crippen LogP contribution in [0.5, 0.6) is 0 Å². The molecule has 174 valence electrons. The molecule has 10 nitrogen and oxygen atoms in total. The molecule has 1 fully saturated rings. The zero-order valence-electron chi connectivity index (χ0n) is 19.1. The molecule has 0 N–H and O–H groups in total. The SMILES string of the molecule is COCCN1CCN(c2ccn3c(=O)n(C)nc3c2)c2ncc(C(=O)N3CCCCC3)cc21. The molecular formula is C23H29N7O3. The Kier molecular flexibility index (Phi) is 5.76. The molecule has 10 heteroatoms. The van der Waals surface area contributed by atoms with Gasteiger partial charge in [0.05, 0.1) is 17.9 Å². The number of piperidine rings is 1. The fraction of sp³-hybridized carbons (Fsp3) is 0.478. The Morgan fingerprint density at radius 3 is 2.73 bits per heavy atom. The molecule has 2 aliphatic heterocycles. The molecule has 0 aliphatic carbocycles. The third-order valence-corrected chi connectivity index (χ3v) is 6.46. The van der Waals surface area contributed by atoms with Gasteiger partial charge in [-0.1, -0.05) is 0 Å². The van der Waals surface area contributed by atoms with Gasteiger partial charge in [0.25, 0.3) is 5.91 Å². The summed E-state index contributed by atoms with van der Waals surface area (Å²) in [5.74, 6) is 0.832. The lowest BCUT2D eigenvalue weighted by atomic mass is 10.1. The van der Waals surface area contributed by atoms with Crippen molar-refractivity contribution in [1.29, 1.82) is 0 Å². The van der Waals surface area contributed by atoms with E-state index in [1.807, 2.05) is 23.1 Å². The van der Waals surface area contributed by atoms with Crippen LogP contribution in [-0.4, -0.2) is 76.4 Å². The zero-order valence-corrected chi connectivity index (χ0v) is 19.1. The Balaban J connectivity index is 1.52. The number of carbonyl (C=O) groups is 1. The van der Waals surface area contributed by atoms with Crippen molar-refractivity contribution in [3.05, 3.63) is 46.6 Å². The molecule has 1 saturated heterocycles.